The lowest BCUT2D eigenvalue weighted by Crippen LogP contribution is -2.43. The molecule has 0 saturated carbocycles. The van der Waals surface area contributed by atoms with Gasteiger partial charge in [-0.1, -0.05) is 20.8 Å². The first-order valence-electron chi connectivity index (χ1n) is 12.7. The van der Waals surface area contributed by atoms with E-state index in [9.17, 15) is 5.11 Å². The molecule has 1 saturated heterocycles. The Bertz CT molecular complexity index is 1250. The molecule has 4 rings (SSSR count). The largest absolute Gasteiger partial charge is 0.493 e. The van der Waals surface area contributed by atoms with Crippen molar-refractivity contribution in [1.82, 2.24) is 0 Å². The third-order valence-electron chi connectivity index (χ3n) is 7.87. The molecule has 0 unspecified atom stereocenters. The first kappa shape index (κ1) is 28.5. The highest BCUT2D eigenvalue weighted by molar-refractivity contribution is 6.74. The summed E-state index contributed by atoms with van der Waals surface area (Å²) in [5.41, 5.74) is -2.94. The van der Waals surface area contributed by atoms with Gasteiger partial charge in [0.1, 0.15) is 40.8 Å². The van der Waals surface area contributed by atoms with Crippen molar-refractivity contribution in [2.24, 2.45) is 0 Å². The maximum atomic E-state index is 16.1. The lowest BCUT2D eigenvalue weighted by molar-refractivity contribution is 0.0403. The van der Waals surface area contributed by atoms with Gasteiger partial charge in [0.15, 0.2) is 19.8 Å². The van der Waals surface area contributed by atoms with Crippen molar-refractivity contribution in [3.63, 3.8) is 0 Å². The smallest absolute Gasteiger partial charge is 0.192 e. The van der Waals surface area contributed by atoms with Crippen LogP contribution in [0.4, 0.5) is 8.78 Å². The third kappa shape index (κ3) is 4.97. The molecular formula is C29H38F2O6Si. The molecule has 0 bridgehead atoms. The van der Waals surface area contributed by atoms with E-state index in [0.29, 0.717) is 5.75 Å². The van der Waals surface area contributed by atoms with Crippen LogP contribution in [0, 0.1) is 11.6 Å². The average Bonchev–Trinajstić information content (AvgIpc) is 3.61. The van der Waals surface area contributed by atoms with Crippen LogP contribution in [0.5, 0.6) is 17.2 Å². The van der Waals surface area contributed by atoms with E-state index < -0.39 is 43.4 Å². The molecule has 2 aliphatic heterocycles. The van der Waals surface area contributed by atoms with E-state index in [1.165, 1.54) is 26.4 Å². The Balaban J connectivity index is 1.81. The average molecular weight is 549 g/mol. The second-order valence-electron chi connectivity index (χ2n) is 12.0. The van der Waals surface area contributed by atoms with E-state index in [1.807, 2.05) is 13.8 Å². The van der Waals surface area contributed by atoms with Gasteiger partial charge in [-0.25, -0.2) is 8.78 Å². The summed E-state index contributed by atoms with van der Waals surface area (Å²) in [6, 6.07) is 5.46. The number of rotatable bonds is 8. The molecule has 2 heterocycles. The minimum atomic E-state index is -2.19. The van der Waals surface area contributed by atoms with Crippen molar-refractivity contribution in [3.8, 4) is 17.2 Å². The van der Waals surface area contributed by atoms with E-state index in [0.717, 1.165) is 6.07 Å². The second-order valence-corrected chi connectivity index (χ2v) is 16.8. The number of epoxide rings is 1. The first-order valence-corrected chi connectivity index (χ1v) is 15.6. The van der Waals surface area contributed by atoms with Crippen LogP contribution in [0.25, 0.3) is 6.08 Å². The zero-order valence-corrected chi connectivity index (χ0v) is 24.6. The Morgan fingerprint density at radius 3 is 2.26 bits per heavy atom. The predicted octanol–water partition coefficient (Wildman–Crippen LogP) is 6.19. The summed E-state index contributed by atoms with van der Waals surface area (Å²) >= 11 is 0. The van der Waals surface area contributed by atoms with Crippen LogP contribution in [0.15, 0.2) is 30.3 Å². The monoisotopic (exact) mass is 548 g/mol. The van der Waals surface area contributed by atoms with Gasteiger partial charge in [-0.2, -0.15) is 0 Å². The SMILES string of the molecule is COc1cc(F)c([C@@](O)(c2ccc3c(c2F)C=CC(C)(C)O3)[C@@H]2O[C@@H]2CO[Si](C)(C)C(C)(C)C)cc1OC. The Morgan fingerprint density at radius 1 is 1.03 bits per heavy atom. The molecule has 0 aliphatic carbocycles. The molecular weight excluding hydrogens is 510 g/mol. The van der Waals surface area contributed by atoms with Gasteiger partial charge in [-0.15, -0.1) is 0 Å². The Kier molecular flexibility index (Phi) is 7.23. The molecule has 2 aromatic carbocycles. The van der Waals surface area contributed by atoms with E-state index in [4.69, 9.17) is 23.4 Å². The molecule has 2 aliphatic rings. The van der Waals surface area contributed by atoms with Crippen molar-refractivity contribution in [2.45, 2.75) is 76.2 Å². The third-order valence-corrected chi connectivity index (χ3v) is 12.4. The van der Waals surface area contributed by atoms with Gasteiger partial charge >= 0.3 is 0 Å². The zero-order valence-electron chi connectivity index (χ0n) is 23.6. The van der Waals surface area contributed by atoms with E-state index in [2.05, 4.69) is 33.9 Å². The molecule has 9 heteroatoms. The van der Waals surface area contributed by atoms with Gasteiger partial charge in [0.2, 0.25) is 0 Å². The number of methoxy groups -OCH3 is 2. The summed E-state index contributed by atoms with van der Waals surface area (Å²) < 4.78 is 60.5. The first-order chi connectivity index (χ1) is 17.6. The molecule has 38 heavy (non-hydrogen) atoms. The lowest BCUT2D eigenvalue weighted by atomic mass is 9.80. The molecule has 0 radical (unpaired) electrons. The maximum absolute atomic E-state index is 16.1. The quantitative estimate of drug-likeness (QED) is 0.313. The highest BCUT2D eigenvalue weighted by Crippen LogP contribution is 2.50. The predicted molar refractivity (Wildman–Crippen MR) is 144 cm³/mol. The molecule has 208 valence electrons. The maximum Gasteiger partial charge on any atom is 0.192 e. The molecule has 1 fully saturated rings. The fourth-order valence-corrected chi connectivity index (χ4v) is 5.47. The minimum absolute atomic E-state index is 0.0339. The van der Waals surface area contributed by atoms with Gasteiger partial charge < -0.3 is 28.5 Å². The van der Waals surface area contributed by atoms with Crippen LogP contribution in [0.3, 0.4) is 0 Å². The van der Waals surface area contributed by atoms with E-state index >= 15 is 8.78 Å². The molecule has 0 spiro atoms. The van der Waals surface area contributed by atoms with Crippen molar-refractivity contribution >= 4 is 14.4 Å². The molecule has 2 aromatic rings. The van der Waals surface area contributed by atoms with Crippen LogP contribution in [-0.4, -0.2) is 52.1 Å². The van der Waals surface area contributed by atoms with Crippen LogP contribution >= 0.6 is 0 Å². The summed E-state index contributed by atoms with van der Waals surface area (Å²) in [6.07, 6.45) is 1.83. The Morgan fingerprint density at radius 2 is 1.66 bits per heavy atom. The minimum Gasteiger partial charge on any atom is -0.493 e. The zero-order chi connectivity index (χ0) is 28.3. The normalized spacial score (nSPS) is 21.8. The fraction of sp³-hybridized carbons (Fsp3) is 0.517. The van der Waals surface area contributed by atoms with Crippen LogP contribution in [0.2, 0.25) is 18.1 Å². The topological polar surface area (TPSA) is 69.7 Å². The number of benzene rings is 2. The number of ether oxygens (including phenoxy) is 4. The number of aliphatic hydroxyl groups is 1. The fourth-order valence-electron chi connectivity index (χ4n) is 4.46. The number of fused-ring (bicyclic) bond motifs is 1. The molecule has 1 N–H and O–H groups in total. The van der Waals surface area contributed by atoms with Gasteiger partial charge in [0.05, 0.1) is 26.4 Å². The molecule has 3 atom stereocenters. The summed E-state index contributed by atoms with van der Waals surface area (Å²) in [5.74, 6) is -0.820. The van der Waals surface area contributed by atoms with Crippen LogP contribution < -0.4 is 14.2 Å². The summed E-state index contributed by atoms with van der Waals surface area (Å²) in [6.45, 7) is 14.5. The van der Waals surface area contributed by atoms with Crippen LogP contribution in [0.1, 0.15) is 51.3 Å². The van der Waals surface area contributed by atoms with Gasteiger partial charge in [-0.3, -0.25) is 0 Å². The summed E-state index contributed by atoms with van der Waals surface area (Å²) in [4.78, 5) is 0. The number of hydrogen-bond acceptors (Lipinski definition) is 6. The second kappa shape index (κ2) is 9.62. The molecule has 0 aromatic heterocycles. The Labute approximate surface area is 224 Å². The van der Waals surface area contributed by atoms with Crippen molar-refractivity contribution in [1.29, 1.82) is 0 Å². The molecule has 0 amide bonds. The van der Waals surface area contributed by atoms with Gasteiger partial charge in [0.25, 0.3) is 0 Å². The van der Waals surface area contributed by atoms with Gasteiger partial charge in [-0.05, 0) is 62.3 Å². The van der Waals surface area contributed by atoms with E-state index in [-0.39, 0.29) is 39.8 Å². The van der Waals surface area contributed by atoms with Crippen molar-refractivity contribution < 1.29 is 37.3 Å². The number of hydrogen-bond donors (Lipinski definition) is 1. The molecule has 6 nitrogen and oxygen atoms in total. The lowest BCUT2D eigenvalue weighted by Gasteiger charge is -2.36. The van der Waals surface area contributed by atoms with Crippen LogP contribution in [-0.2, 0) is 14.8 Å². The van der Waals surface area contributed by atoms with E-state index in [1.54, 1.807) is 18.2 Å². The van der Waals surface area contributed by atoms with Crippen molar-refractivity contribution in [3.05, 3.63) is 58.7 Å². The summed E-state index contributed by atoms with van der Waals surface area (Å²) in [7, 11) is 0.666. The Hall–Kier alpha value is -2.46. The standard InChI is InChI=1S/C29H38F2O6Si/c1-27(2,3)38(8,9)35-16-24-26(36-24)29(32,19-14-22(33-6)23(34-7)15-20(19)30)18-10-11-21-17(25(18)31)12-13-28(4,5)37-21/h10-15,24,26,32H,16H2,1-9H3/t24-,26-,29+/m1/s1. The van der Waals surface area contributed by atoms with Crippen molar-refractivity contribution in [2.75, 3.05) is 20.8 Å². The highest BCUT2D eigenvalue weighted by Gasteiger charge is 2.59. The highest BCUT2D eigenvalue weighted by atomic mass is 28.4. The summed E-state index contributed by atoms with van der Waals surface area (Å²) in [5, 5.41) is 12.3. The van der Waals surface area contributed by atoms with Gasteiger partial charge in [0, 0.05) is 17.2 Å². The number of halogens is 2.